The molecule has 1 aliphatic heterocycles. The second kappa shape index (κ2) is 8.68. The van der Waals surface area contributed by atoms with Crippen LogP contribution in [-0.4, -0.2) is 19.7 Å². The summed E-state index contributed by atoms with van der Waals surface area (Å²) in [5.41, 5.74) is 1.26. The molecule has 0 bridgehead atoms. The van der Waals surface area contributed by atoms with E-state index >= 15 is 0 Å². The highest BCUT2D eigenvalue weighted by atomic mass is 35.5. The van der Waals surface area contributed by atoms with Gasteiger partial charge in [0.2, 0.25) is 0 Å². The van der Waals surface area contributed by atoms with Gasteiger partial charge >= 0.3 is 0 Å². The molecule has 0 unspecified atom stereocenters. The van der Waals surface area contributed by atoms with Gasteiger partial charge in [0.15, 0.2) is 0 Å². The monoisotopic (exact) mass is 303 g/mol. The summed E-state index contributed by atoms with van der Waals surface area (Å²) in [5, 5.41) is 4.12. The van der Waals surface area contributed by atoms with E-state index in [4.69, 9.17) is 16.3 Å². The Morgan fingerprint density at radius 2 is 2.05 bits per heavy atom. The van der Waals surface area contributed by atoms with Crippen LogP contribution in [-0.2, 0) is 6.42 Å². The fourth-order valence-corrected chi connectivity index (χ4v) is 2.64. The van der Waals surface area contributed by atoms with Crippen LogP contribution in [0.4, 0.5) is 0 Å². The Bertz CT molecular complexity index is 378. The number of aryl methyl sites for hydroxylation is 1. The van der Waals surface area contributed by atoms with E-state index in [1.165, 1.54) is 18.4 Å². The molecular weight excluding hydrogens is 281 g/mol. The van der Waals surface area contributed by atoms with E-state index < -0.39 is 0 Å². The Labute approximate surface area is 127 Å². The zero-order valence-electron chi connectivity index (χ0n) is 11.5. The van der Waals surface area contributed by atoms with Crippen molar-refractivity contribution in [3.63, 3.8) is 0 Å². The van der Waals surface area contributed by atoms with Gasteiger partial charge in [-0.3, -0.25) is 0 Å². The van der Waals surface area contributed by atoms with Crippen LogP contribution in [0, 0.1) is 5.92 Å². The van der Waals surface area contributed by atoms with E-state index in [0.29, 0.717) is 0 Å². The van der Waals surface area contributed by atoms with Crippen LogP contribution in [0.2, 0.25) is 5.02 Å². The number of hydrogen-bond acceptors (Lipinski definition) is 2. The first kappa shape index (κ1) is 16.6. The topological polar surface area (TPSA) is 21.3 Å². The van der Waals surface area contributed by atoms with Gasteiger partial charge in [0.05, 0.1) is 11.6 Å². The van der Waals surface area contributed by atoms with E-state index in [-0.39, 0.29) is 12.4 Å². The van der Waals surface area contributed by atoms with Gasteiger partial charge in [-0.05, 0) is 62.4 Å². The summed E-state index contributed by atoms with van der Waals surface area (Å²) in [7, 11) is 0. The predicted octanol–water partition coefficient (Wildman–Crippen LogP) is 4.09. The van der Waals surface area contributed by atoms with Gasteiger partial charge < -0.3 is 10.1 Å². The minimum Gasteiger partial charge on any atom is -0.492 e. The number of rotatable bonds is 5. The molecular formula is C15H23Cl2NO. The number of hydrogen-bond donors (Lipinski definition) is 1. The Morgan fingerprint density at radius 1 is 1.32 bits per heavy atom. The van der Waals surface area contributed by atoms with Crippen LogP contribution in [0.5, 0.6) is 5.75 Å². The molecule has 1 saturated heterocycles. The lowest BCUT2D eigenvalue weighted by atomic mass is 9.95. The third kappa shape index (κ3) is 5.21. The highest BCUT2D eigenvalue weighted by Gasteiger charge is 2.13. The molecule has 0 amide bonds. The molecule has 0 aromatic heterocycles. The van der Waals surface area contributed by atoms with E-state index in [1.54, 1.807) is 0 Å². The summed E-state index contributed by atoms with van der Waals surface area (Å²) >= 11 is 6.19. The van der Waals surface area contributed by atoms with Crippen molar-refractivity contribution in [2.45, 2.75) is 32.6 Å². The fourth-order valence-electron chi connectivity index (χ4n) is 2.39. The molecule has 0 radical (unpaired) electrons. The van der Waals surface area contributed by atoms with Gasteiger partial charge in [0, 0.05) is 0 Å². The van der Waals surface area contributed by atoms with E-state index in [1.807, 2.05) is 12.1 Å². The van der Waals surface area contributed by atoms with Crippen molar-refractivity contribution in [2.24, 2.45) is 5.92 Å². The lowest BCUT2D eigenvalue weighted by molar-refractivity contribution is 0.252. The highest BCUT2D eigenvalue weighted by Crippen LogP contribution is 2.26. The van der Waals surface area contributed by atoms with E-state index in [0.717, 1.165) is 49.2 Å². The minimum atomic E-state index is 0. The van der Waals surface area contributed by atoms with Crippen molar-refractivity contribution in [3.05, 3.63) is 28.8 Å². The average molecular weight is 304 g/mol. The van der Waals surface area contributed by atoms with Gasteiger partial charge in [-0.1, -0.05) is 24.6 Å². The van der Waals surface area contributed by atoms with Crippen molar-refractivity contribution in [3.8, 4) is 5.75 Å². The zero-order chi connectivity index (χ0) is 12.8. The molecule has 2 rings (SSSR count). The fraction of sp³-hybridized carbons (Fsp3) is 0.600. The number of piperidine rings is 1. The Kier molecular flexibility index (Phi) is 7.59. The van der Waals surface area contributed by atoms with Crippen LogP contribution in [0.25, 0.3) is 0 Å². The number of ether oxygens (including phenoxy) is 1. The van der Waals surface area contributed by atoms with Crippen LogP contribution in [0.1, 0.15) is 31.7 Å². The van der Waals surface area contributed by atoms with Gasteiger partial charge in [-0.2, -0.15) is 0 Å². The summed E-state index contributed by atoms with van der Waals surface area (Å²) in [4.78, 5) is 0. The van der Waals surface area contributed by atoms with Crippen molar-refractivity contribution < 1.29 is 4.74 Å². The lowest BCUT2D eigenvalue weighted by Gasteiger charge is -2.22. The number of benzene rings is 1. The van der Waals surface area contributed by atoms with Crippen LogP contribution >= 0.6 is 24.0 Å². The van der Waals surface area contributed by atoms with Crippen molar-refractivity contribution in [2.75, 3.05) is 19.7 Å². The van der Waals surface area contributed by atoms with Gasteiger partial charge in [0.25, 0.3) is 0 Å². The molecule has 1 heterocycles. The Morgan fingerprint density at radius 3 is 2.68 bits per heavy atom. The summed E-state index contributed by atoms with van der Waals surface area (Å²) in [6, 6.07) is 6.08. The molecule has 108 valence electrons. The maximum Gasteiger partial charge on any atom is 0.137 e. The van der Waals surface area contributed by atoms with E-state index in [2.05, 4.69) is 18.3 Å². The third-order valence-corrected chi connectivity index (χ3v) is 3.94. The van der Waals surface area contributed by atoms with Crippen LogP contribution in [0.15, 0.2) is 18.2 Å². The number of nitrogens with one attached hydrogen (secondary N) is 1. The Hall–Kier alpha value is -0.440. The first-order valence-electron chi connectivity index (χ1n) is 6.91. The second-order valence-corrected chi connectivity index (χ2v) is 5.36. The molecule has 4 heteroatoms. The SMILES string of the molecule is CCc1ccc(OCCC2CCNCC2)c(Cl)c1.Cl. The largest absolute Gasteiger partial charge is 0.492 e. The molecule has 0 atom stereocenters. The maximum atomic E-state index is 6.19. The van der Waals surface area contributed by atoms with Crippen LogP contribution in [0.3, 0.4) is 0 Å². The normalized spacial score (nSPS) is 15.9. The summed E-state index contributed by atoms with van der Waals surface area (Å²) < 4.78 is 5.79. The molecule has 2 nitrogen and oxygen atoms in total. The highest BCUT2D eigenvalue weighted by molar-refractivity contribution is 6.32. The molecule has 0 spiro atoms. The maximum absolute atomic E-state index is 6.19. The molecule has 1 aliphatic rings. The predicted molar refractivity (Wildman–Crippen MR) is 83.8 cm³/mol. The minimum absolute atomic E-state index is 0. The van der Waals surface area contributed by atoms with Gasteiger partial charge in [-0.25, -0.2) is 0 Å². The molecule has 19 heavy (non-hydrogen) atoms. The molecule has 0 aliphatic carbocycles. The molecule has 1 aromatic carbocycles. The lowest BCUT2D eigenvalue weighted by Crippen LogP contribution is -2.28. The quantitative estimate of drug-likeness (QED) is 0.884. The number of halogens is 2. The van der Waals surface area contributed by atoms with Gasteiger partial charge in [0.1, 0.15) is 5.75 Å². The zero-order valence-corrected chi connectivity index (χ0v) is 13.0. The van der Waals surface area contributed by atoms with Crippen molar-refractivity contribution in [1.82, 2.24) is 5.32 Å². The molecule has 1 fully saturated rings. The second-order valence-electron chi connectivity index (χ2n) is 4.95. The first-order valence-corrected chi connectivity index (χ1v) is 7.29. The van der Waals surface area contributed by atoms with Gasteiger partial charge in [-0.15, -0.1) is 12.4 Å². The first-order chi connectivity index (χ1) is 8.79. The Balaban J connectivity index is 0.00000180. The average Bonchev–Trinajstić information content (AvgIpc) is 2.42. The summed E-state index contributed by atoms with van der Waals surface area (Å²) in [5.74, 6) is 1.63. The molecule has 1 N–H and O–H groups in total. The third-order valence-electron chi connectivity index (χ3n) is 3.65. The molecule has 0 saturated carbocycles. The summed E-state index contributed by atoms with van der Waals surface area (Å²) in [6.07, 6.45) is 4.68. The van der Waals surface area contributed by atoms with Crippen LogP contribution < -0.4 is 10.1 Å². The summed E-state index contributed by atoms with van der Waals surface area (Å²) in [6.45, 7) is 5.20. The molecule has 1 aromatic rings. The van der Waals surface area contributed by atoms with Crippen molar-refractivity contribution in [1.29, 1.82) is 0 Å². The standard InChI is InChI=1S/C15H22ClNO.ClH/c1-2-12-3-4-15(14(16)11-12)18-10-7-13-5-8-17-9-6-13;/h3-4,11,13,17H,2,5-10H2,1H3;1H. The van der Waals surface area contributed by atoms with Crippen molar-refractivity contribution >= 4 is 24.0 Å². The smallest absolute Gasteiger partial charge is 0.137 e. The van der Waals surface area contributed by atoms with E-state index in [9.17, 15) is 0 Å².